The van der Waals surface area contributed by atoms with Crippen LogP contribution in [0, 0.1) is 0 Å². The number of benzene rings is 2. The Morgan fingerprint density at radius 2 is 1.83 bits per heavy atom. The molecule has 4 heteroatoms. The Bertz CT molecular complexity index is 928. The van der Waals surface area contributed by atoms with Crippen LogP contribution in [-0.2, 0) is 11.8 Å². The lowest BCUT2D eigenvalue weighted by atomic mass is 9.65. The van der Waals surface area contributed by atoms with Crippen LogP contribution < -0.4 is 14.5 Å². The van der Waals surface area contributed by atoms with E-state index in [0.717, 1.165) is 44.9 Å². The summed E-state index contributed by atoms with van der Waals surface area (Å²) in [4.78, 5) is 7.85. The number of fused-ring (bicyclic) bond motifs is 3. The molecular formula is C25H33N3O. The van der Waals surface area contributed by atoms with E-state index in [-0.39, 0.29) is 11.0 Å². The molecule has 3 aliphatic heterocycles. The minimum Gasteiger partial charge on any atom is -0.496 e. The number of nitrogens with zero attached hydrogens (tertiary/aromatic N) is 3. The van der Waals surface area contributed by atoms with E-state index in [1.54, 1.807) is 12.7 Å². The van der Waals surface area contributed by atoms with Crippen LogP contribution >= 0.6 is 0 Å². The predicted octanol–water partition coefficient (Wildman–Crippen LogP) is 3.93. The molecule has 0 aromatic heterocycles. The van der Waals surface area contributed by atoms with Crippen molar-refractivity contribution in [3.63, 3.8) is 0 Å². The normalized spacial score (nSPS) is 28.3. The van der Waals surface area contributed by atoms with Crippen LogP contribution in [0.25, 0.3) is 0 Å². The fourth-order valence-electron chi connectivity index (χ4n) is 6.08. The Hall–Kier alpha value is -2.20. The summed E-state index contributed by atoms with van der Waals surface area (Å²) in [6.07, 6.45) is 2.25. The fourth-order valence-corrected chi connectivity index (χ4v) is 6.08. The van der Waals surface area contributed by atoms with Gasteiger partial charge >= 0.3 is 0 Å². The third kappa shape index (κ3) is 2.61. The van der Waals surface area contributed by atoms with E-state index in [2.05, 4.69) is 78.1 Å². The molecule has 0 saturated carbocycles. The summed E-state index contributed by atoms with van der Waals surface area (Å²) in [6.45, 7) is 10.6. The summed E-state index contributed by atoms with van der Waals surface area (Å²) in [5, 5.41) is 0. The Morgan fingerprint density at radius 1 is 1.00 bits per heavy atom. The second-order valence-corrected chi connectivity index (χ2v) is 9.44. The number of rotatable bonds is 4. The average molecular weight is 392 g/mol. The third-order valence-electron chi connectivity index (χ3n) is 8.08. The number of likely N-dealkylation sites (tertiary alicyclic amines) is 1. The van der Waals surface area contributed by atoms with Crippen molar-refractivity contribution in [3.8, 4) is 5.75 Å². The molecule has 1 saturated heterocycles. The van der Waals surface area contributed by atoms with Crippen LogP contribution in [-0.4, -0.2) is 57.3 Å². The van der Waals surface area contributed by atoms with Gasteiger partial charge in [-0.3, -0.25) is 0 Å². The van der Waals surface area contributed by atoms with Crippen molar-refractivity contribution in [2.75, 3.05) is 56.7 Å². The minimum atomic E-state index is 0.155. The molecule has 0 radical (unpaired) electrons. The van der Waals surface area contributed by atoms with Crippen molar-refractivity contribution >= 4 is 11.4 Å². The third-order valence-corrected chi connectivity index (χ3v) is 8.08. The molecule has 2 aromatic carbocycles. The Balaban J connectivity index is 1.43. The fraction of sp³-hybridized carbons (Fsp3) is 0.520. The van der Waals surface area contributed by atoms with Crippen molar-refractivity contribution < 1.29 is 4.74 Å². The number of hydrogen-bond donors (Lipinski definition) is 0. The maximum Gasteiger partial charge on any atom is 0.122 e. The van der Waals surface area contributed by atoms with Crippen molar-refractivity contribution in [1.29, 1.82) is 0 Å². The van der Waals surface area contributed by atoms with E-state index >= 15 is 0 Å². The van der Waals surface area contributed by atoms with Crippen molar-refractivity contribution in [2.24, 2.45) is 0 Å². The number of para-hydroxylation sites is 2. The molecule has 3 heterocycles. The zero-order valence-corrected chi connectivity index (χ0v) is 18.2. The monoisotopic (exact) mass is 391 g/mol. The standard InChI is InChI=1S/C25H33N3O/c1-24-18-27(14-12-19-8-5-6-11-22(19)29-4)15-13-25(24,2)28-17-16-26(3)21-10-7-9-20(24)23(21)28/h5-11H,12-18H2,1-4H3/t24-,25-/m0/s1. The second kappa shape index (κ2) is 6.66. The first-order valence-electron chi connectivity index (χ1n) is 10.9. The summed E-state index contributed by atoms with van der Waals surface area (Å²) >= 11 is 0. The van der Waals surface area contributed by atoms with Gasteiger partial charge in [0.2, 0.25) is 0 Å². The maximum absolute atomic E-state index is 5.57. The number of anilines is 2. The van der Waals surface area contributed by atoms with E-state index in [9.17, 15) is 0 Å². The van der Waals surface area contributed by atoms with Crippen LogP contribution in [0.15, 0.2) is 42.5 Å². The molecule has 0 spiro atoms. The lowest BCUT2D eigenvalue weighted by molar-refractivity contribution is 0.0910. The van der Waals surface area contributed by atoms with Crippen LogP contribution in [0.2, 0.25) is 0 Å². The van der Waals surface area contributed by atoms with Crippen LogP contribution in [0.3, 0.4) is 0 Å². The summed E-state index contributed by atoms with van der Waals surface area (Å²) in [5.41, 5.74) is 6.12. The maximum atomic E-state index is 5.57. The summed E-state index contributed by atoms with van der Waals surface area (Å²) < 4.78 is 5.57. The molecule has 5 rings (SSSR count). The highest BCUT2D eigenvalue weighted by molar-refractivity contribution is 5.83. The molecular weight excluding hydrogens is 358 g/mol. The SMILES string of the molecule is COc1ccccc1CCN1CC[C@]2(C)N3CCN(C)c4cccc(c43)[C@]2(C)C1. The second-order valence-electron chi connectivity index (χ2n) is 9.44. The van der Waals surface area contributed by atoms with Crippen LogP contribution in [0.4, 0.5) is 11.4 Å². The molecule has 2 aromatic rings. The molecule has 3 aliphatic rings. The first-order chi connectivity index (χ1) is 14.0. The van der Waals surface area contributed by atoms with Crippen molar-refractivity contribution in [3.05, 3.63) is 53.6 Å². The van der Waals surface area contributed by atoms with Gasteiger partial charge in [-0.2, -0.15) is 0 Å². The largest absolute Gasteiger partial charge is 0.496 e. The molecule has 0 aliphatic carbocycles. The molecule has 29 heavy (non-hydrogen) atoms. The smallest absolute Gasteiger partial charge is 0.122 e. The zero-order chi connectivity index (χ0) is 20.2. The van der Waals surface area contributed by atoms with Gasteiger partial charge in [-0.1, -0.05) is 37.3 Å². The number of ether oxygens (including phenoxy) is 1. The van der Waals surface area contributed by atoms with E-state index in [0.29, 0.717) is 0 Å². The molecule has 1 fully saturated rings. The Morgan fingerprint density at radius 3 is 2.66 bits per heavy atom. The van der Waals surface area contributed by atoms with Gasteiger partial charge in [0.1, 0.15) is 5.75 Å². The minimum absolute atomic E-state index is 0.155. The van der Waals surface area contributed by atoms with Gasteiger partial charge in [0.05, 0.1) is 18.5 Å². The van der Waals surface area contributed by atoms with E-state index in [1.165, 1.54) is 23.4 Å². The first kappa shape index (κ1) is 18.8. The van der Waals surface area contributed by atoms with Gasteiger partial charge in [0.25, 0.3) is 0 Å². The molecule has 4 nitrogen and oxygen atoms in total. The van der Waals surface area contributed by atoms with Crippen LogP contribution in [0.1, 0.15) is 31.4 Å². The molecule has 0 amide bonds. The number of hydrogen-bond acceptors (Lipinski definition) is 4. The van der Waals surface area contributed by atoms with E-state index in [4.69, 9.17) is 4.74 Å². The predicted molar refractivity (Wildman–Crippen MR) is 121 cm³/mol. The van der Waals surface area contributed by atoms with Crippen molar-refractivity contribution in [2.45, 2.75) is 37.6 Å². The van der Waals surface area contributed by atoms with E-state index in [1.807, 2.05) is 0 Å². The number of methoxy groups -OCH3 is 1. The summed E-state index contributed by atoms with van der Waals surface area (Å²) in [7, 11) is 4.01. The molecule has 2 atom stereocenters. The lowest BCUT2D eigenvalue weighted by Crippen LogP contribution is -2.64. The van der Waals surface area contributed by atoms with Gasteiger partial charge in [0.15, 0.2) is 0 Å². The lowest BCUT2D eigenvalue weighted by Gasteiger charge is -2.54. The topological polar surface area (TPSA) is 19.0 Å². The van der Waals surface area contributed by atoms with Crippen molar-refractivity contribution in [1.82, 2.24) is 4.90 Å². The molecule has 154 valence electrons. The van der Waals surface area contributed by atoms with Gasteiger partial charge in [0, 0.05) is 50.7 Å². The summed E-state index contributed by atoms with van der Waals surface area (Å²) in [6, 6.07) is 15.4. The Labute approximate surface area is 175 Å². The van der Waals surface area contributed by atoms with Gasteiger partial charge in [-0.05, 0) is 43.0 Å². The average Bonchev–Trinajstić information content (AvgIpc) is 2.94. The van der Waals surface area contributed by atoms with Crippen LogP contribution in [0.5, 0.6) is 5.75 Å². The summed E-state index contributed by atoms with van der Waals surface area (Å²) in [5.74, 6) is 1.01. The zero-order valence-electron chi connectivity index (χ0n) is 18.2. The first-order valence-corrected chi connectivity index (χ1v) is 10.9. The highest BCUT2D eigenvalue weighted by atomic mass is 16.5. The highest BCUT2D eigenvalue weighted by Crippen LogP contribution is 2.58. The van der Waals surface area contributed by atoms with E-state index < -0.39 is 0 Å². The number of likely N-dealkylation sites (N-methyl/N-ethyl adjacent to an activating group) is 1. The quantitative estimate of drug-likeness (QED) is 0.786. The number of piperidine rings is 1. The Kier molecular flexibility index (Phi) is 4.32. The molecule has 0 unspecified atom stereocenters. The van der Waals surface area contributed by atoms with Gasteiger partial charge < -0.3 is 19.4 Å². The van der Waals surface area contributed by atoms with Gasteiger partial charge in [-0.15, -0.1) is 0 Å². The molecule has 0 bridgehead atoms. The van der Waals surface area contributed by atoms with Gasteiger partial charge in [-0.25, -0.2) is 0 Å². The molecule has 0 N–H and O–H groups in total. The highest BCUT2D eigenvalue weighted by Gasteiger charge is 2.59.